The van der Waals surface area contributed by atoms with Crippen molar-refractivity contribution in [2.24, 2.45) is 0 Å². The zero-order valence-corrected chi connectivity index (χ0v) is 13.3. The van der Waals surface area contributed by atoms with E-state index in [-0.39, 0.29) is 18.4 Å². The topological polar surface area (TPSA) is 56.8 Å². The third kappa shape index (κ3) is 6.49. The molecule has 1 N–H and O–H groups in total. The fourth-order valence-electron chi connectivity index (χ4n) is 1.87. The van der Waals surface area contributed by atoms with Crippen molar-refractivity contribution in [1.82, 2.24) is 5.32 Å². The summed E-state index contributed by atoms with van der Waals surface area (Å²) < 4.78 is 15.8. The van der Waals surface area contributed by atoms with Gasteiger partial charge in [-0.1, -0.05) is 0 Å². The number of benzene rings is 1. The number of carbonyl (C=O) groups excluding carboxylic acids is 1. The minimum absolute atomic E-state index is 0.0360. The number of nitrogens with one attached hydrogen (secondary N) is 1. The van der Waals surface area contributed by atoms with E-state index in [1.807, 2.05) is 26.0 Å². The molecular formula is C16H25NO4. The third-order valence-corrected chi connectivity index (χ3v) is 2.93. The lowest BCUT2D eigenvalue weighted by molar-refractivity contribution is -0.120. The van der Waals surface area contributed by atoms with Gasteiger partial charge in [0.1, 0.15) is 11.5 Å². The number of methoxy groups -OCH3 is 2. The van der Waals surface area contributed by atoms with E-state index < -0.39 is 0 Å². The monoisotopic (exact) mass is 295 g/mol. The lowest BCUT2D eigenvalue weighted by Gasteiger charge is -2.11. The van der Waals surface area contributed by atoms with Gasteiger partial charge in [-0.2, -0.15) is 0 Å². The van der Waals surface area contributed by atoms with E-state index >= 15 is 0 Å². The Morgan fingerprint density at radius 2 is 2.00 bits per heavy atom. The van der Waals surface area contributed by atoms with Gasteiger partial charge in [0.15, 0.2) is 0 Å². The second-order valence-corrected chi connectivity index (χ2v) is 4.98. The summed E-state index contributed by atoms with van der Waals surface area (Å²) in [6.07, 6.45) is 1.30. The highest BCUT2D eigenvalue weighted by molar-refractivity contribution is 5.79. The van der Waals surface area contributed by atoms with Gasteiger partial charge in [-0.25, -0.2) is 0 Å². The smallest absolute Gasteiger partial charge is 0.224 e. The van der Waals surface area contributed by atoms with Crippen molar-refractivity contribution in [3.8, 4) is 11.5 Å². The van der Waals surface area contributed by atoms with Crippen LogP contribution in [0.5, 0.6) is 11.5 Å². The Hall–Kier alpha value is -1.75. The molecule has 0 heterocycles. The maximum absolute atomic E-state index is 11.9. The summed E-state index contributed by atoms with van der Waals surface area (Å²) in [5.41, 5.74) is 0.813. The van der Waals surface area contributed by atoms with Crippen LogP contribution in [0.1, 0.15) is 25.8 Å². The molecule has 0 bridgehead atoms. The first-order valence-electron chi connectivity index (χ1n) is 7.16. The number of amides is 1. The Morgan fingerprint density at radius 1 is 1.24 bits per heavy atom. The van der Waals surface area contributed by atoms with Crippen molar-refractivity contribution >= 4 is 5.91 Å². The van der Waals surface area contributed by atoms with Crippen LogP contribution in [0.3, 0.4) is 0 Å². The molecule has 1 aromatic rings. The second-order valence-electron chi connectivity index (χ2n) is 4.98. The predicted molar refractivity (Wildman–Crippen MR) is 82.0 cm³/mol. The quantitative estimate of drug-likeness (QED) is 0.709. The molecule has 0 aliphatic carbocycles. The van der Waals surface area contributed by atoms with Gasteiger partial charge in [-0.05, 0) is 38.5 Å². The lowest BCUT2D eigenvalue weighted by Crippen LogP contribution is -2.27. The minimum atomic E-state index is -0.0360. The van der Waals surface area contributed by atoms with Gasteiger partial charge in [0, 0.05) is 18.7 Å². The summed E-state index contributed by atoms with van der Waals surface area (Å²) in [7, 11) is 3.19. The molecule has 1 amide bonds. The first kappa shape index (κ1) is 17.3. The molecule has 0 saturated carbocycles. The van der Waals surface area contributed by atoms with Crippen LogP contribution in [0.15, 0.2) is 18.2 Å². The summed E-state index contributed by atoms with van der Waals surface area (Å²) in [5.74, 6) is 1.36. The molecular weight excluding hydrogens is 270 g/mol. The van der Waals surface area contributed by atoms with E-state index in [0.29, 0.717) is 24.7 Å². The Kier molecular flexibility index (Phi) is 7.61. The summed E-state index contributed by atoms with van der Waals surface area (Å²) in [6, 6.07) is 5.43. The molecule has 21 heavy (non-hydrogen) atoms. The van der Waals surface area contributed by atoms with Crippen molar-refractivity contribution in [3.63, 3.8) is 0 Å². The van der Waals surface area contributed by atoms with Gasteiger partial charge in [0.2, 0.25) is 5.91 Å². The zero-order valence-electron chi connectivity index (χ0n) is 13.3. The molecule has 0 fully saturated rings. The van der Waals surface area contributed by atoms with Gasteiger partial charge in [0.05, 0.1) is 26.7 Å². The molecule has 0 atom stereocenters. The molecule has 1 rings (SSSR count). The SMILES string of the molecule is COc1ccc(OC)c(CC(=O)NCCCOC(C)C)c1. The van der Waals surface area contributed by atoms with Crippen LogP contribution >= 0.6 is 0 Å². The number of rotatable bonds is 9. The number of hydrogen-bond acceptors (Lipinski definition) is 4. The molecule has 1 aromatic carbocycles. The fourth-order valence-corrected chi connectivity index (χ4v) is 1.87. The average Bonchev–Trinajstić information content (AvgIpc) is 2.46. The first-order valence-corrected chi connectivity index (χ1v) is 7.16. The van der Waals surface area contributed by atoms with Crippen LogP contribution in [-0.4, -0.2) is 39.4 Å². The molecule has 0 aromatic heterocycles. The van der Waals surface area contributed by atoms with E-state index in [1.165, 1.54) is 0 Å². The van der Waals surface area contributed by atoms with Crippen LogP contribution < -0.4 is 14.8 Å². The molecule has 0 unspecified atom stereocenters. The highest BCUT2D eigenvalue weighted by Gasteiger charge is 2.10. The van der Waals surface area contributed by atoms with E-state index in [2.05, 4.69) is 5.32 Å². The van der Waals surface area contributed by atoms with Crippen molar-refractivity contribution in [1.29, 1.82) is 0 Å². The van der Waals surface area contributed by atoms with Gasteiger partial charge in [0.25, 0.3) is 0 Å². The fraction of sp³-hybridized carbons (Fsp3) is 0.562. The molecule has 5 heteroatoms. The Labute approximate surface area is 126 Å². The van der Waals surface area contributed by atoms with E-state index in [1.54, 1.807) is 20.3 Å². The van der Waals surface area contributed by atoms with Crippen molar-refractivity contribution < 1.29 is 19.0 Å². The Morgan fingerprint density at radius 3 is 2.62 bits per heavy atom. The van der Waals surface area contributed by atoms with Crippen LogP contribution in [0, 0.1) is 0 Å². The van der Waals surface area contributed by atoms with E-state index in [9.17, 15) is 4.79 Å². The maximum Gasteiger partial charge on any atom is 0.224 e. The highest BCUT2D eigenvalue weighted by Crippen LogP contribution is 2.24. The van der Waals surface area contributed by atoms with E-state index in [0.717, 1.165) is 12.0 Å². The summed E-state index contributed by atoms with van der Waals surface area (Å²) >= 11 is 0. The zero-order chi connectivity index (χ0) is 15.7. The maximum atomic E-state index is 11.9. The molecule has 5 nitrogen and oxygen atoms in total. The number of ether oxygens (including phenoxy) is 3. The molecule has 0 saturated heterocycles. The molecule has 0 radical (unpaired) electrons. The van der Waals surface area contributed by atoms with Gasteiger partial charge in [-0.3, -0.25) is 4.79 Å². The van der Waals surface area contributed by atoms with Crippen LogP contribution in [0.25, 0.3) is 0 Å². The first-order chi connectivity index (χ1) is 10.1. The normalized spacial score (nSPS) is 10.5. The number of hydrogen-bond donors (Lipinski definition) is 1. The van der Waals surface area contributed by atoms with Crippen LogP contribution in [0.2, 0.25) is 0 Å². The predicted octanol–water partition coefficient (Wildman–Crippen LogP) is 2.18. The van der Waals surface area contributed by atoms with Gasteiger partial charge in [-0.15, -0.1) is 0 Å². The molecule has 118 valence electrons. The van der Waals surface area contributed by atoms with Gasteiger partial charge < -0.3 is 19.5 Å². The summed E-state index contributed by atoms with van der Waals surface area (Å²) in [4.78, 5) is 11.9. The average molecular weight is 295 g/mol. The third-order valence-electron chi connectivity index (χ3n) is 2.93. The van der Waals surface area contributed by atoms with Crippen molar-refractivity contribution in [3.05, 3.63) is 23.8 Å². The second kappa shape index (κ2) is 9.23. The van der Waals surface area contributed by atoms with E-state index in [4.69, 9.17) is 14.2 Å². The molecule has 0 spiro atoms. The summed E-state index contributed by atoms with van der Waals surface area (Å²) in [6.45, 7) is 5.25. The minimum Gasteiger partial charge on any atom is -0.497 e. The standard InChI is InChI=1S/C16H25NO4/c1-12(2)21-9-5-8-17-16(18)11-13-10-14(19-3)6-7-15(13)20-4/h6-7,10,12H,5,8-9,11H2,1-4H3,(H,17,18). The summed E-state index contributed by atoms with van der Waals surface area (Å²) in [5, 5.41) is 2.88. The Balaban J connectivity index is 2.43. The largest absolute Gasteiger partial charge is 0.497 e. The highest BCUT2D eigenvalue weighted by atomic mass is 16.5. The lowest BCUT2D eigenvalue weighted by atomic mass is 10.1. The van der Waals surface area contributed by atoms with Gasteiger partial charge >= 0.3 is 0 Å². The molecule has 0 aliphatic rings. The number of carbonyl (C=O) groups is 1. The molecule has 0 aliphatic heterocycles. The van der Waals surface area contributed by atoms with Crippen molar-refractivity contribution in [2.75, 3.05) is 27.4 Å². The Bertz CT molecular complexity index is 446. The van der Waals surface area contributed by atoms with Crippen LogP contribution in [0.4, 0.5) is 0 Å². The van der Waals surface area contributed by atoms with Crippen LogP contribution in [-0.2, 0) is 16.0 Å². The van der Waals surface area contributed by atoms with Crippen molar-refractivity contribution in [2.45, 2.75) is 32.8 Å².